The smallest absolute Gasteiger partial charge is 0.352 e. The molecule has 56 heavy (non-hydrogen) atoms. The van der Waals surface area contributed by atoms with Gasteiger partial charge in [0.25, 0.3) is 11.8 Å². The van der Waals surface area contributed by atoms with E-state index in [1.807, 2.05) is 4.90 Å². The molecule has 1 aromatic carbocycles. The first kappa shape index (κ1) is 38.2. The van der Waals surface area contributed by atoms with Crippen molar-refractivity contribution in [2.45, 2.75) is 28.2 Å². The molecule has 3 atom stereocenters. The highest BCUT2D eigenvalue weighted by molar-refractivity contribution is 8.01. The number of phenolic OH excluding ortho intramolecular Hbond substituents is 1. The van der Waals surface area contributed by atoms with Gasteiger partial charge in [-0.2, -0.15) is 4.98 Å². The van der Waals surface area contributed by atoms with Crippen LogP contribution in [0.4, 0.5) is 5.95 Å². The number of carbonyl (C=O) groups is 6. The summed E-state index contributed by atoms with van der Waals surface area (Å²) in [7, 11) is 0. The highest BCUT2D eigenvalue weighted by Gasteiger charge is 2.54. The van der Waals surface area contributed by atoms with Crippen molar-refractivity contribution in [2.75, 3.05) is 42.6 Å². The van der Waals surface area contributed by atoms with E-state index < -0.39 is 52.5 Å². The highest BCUT2D eigenvalue weighted by Crippen LogP contribution is 2.42. The van der Waals surface area contributed by atoms with E-state index in [1.54, 1.807) is 4.90 Å². The average Bonchev–Trinajstić information content (AvgIpc) is 3.64. The fourth-order valence-corrected chi connectivity index (χ4v) is 9.57. The van der Waals surface area contributed by atoms with Crippen molar-refractivity contribution in [3.63, 3.8) is 0 Å². The number of pyridine rings is 1. The van der Waals surface area contributed by atoms with Gasteiger partial charge >= 0.3 is 11.9 Å². The van der Waals surface area contributed by atoms with Crippen molar-refractivity contribution in [3.05, 3.63) is 74.3 Å². The molecule has 4 amide bonds. The summed E-state index contributed by atoms with van der Waals surface area (Å²) in [5, 5.41) is 41.4. The molecule has 20 nitrogen and oxygen atoms in total. The molecular weight excluding hydrogens is 793 g/mol. The van der Waals surface area contributed by atoms with Gasteiger partial charge in [-0.1, -0.05) is 35.2 Å². The summed E-state index contributed by atoms with van der Waals surface area (Å²) in [6.07, 6.45) is 2.92. The molecule has 0 aliphatic carbocycles. The number of H-pyrrole nitrogens is 1. The van der Waals surface area contributed by atoms with Gasteiger partial charge < -0.3 is 40.7 Å². The number of hydrogen-bond acceptors (Lipinski definition) is 16. The number of thioether (sulfide) groups is 2. The second-order valence-electron chi connectivity index (χ2n) is 12.6. The fraction of sp³-hybridized carbons (Fsp3) is 0.303. The molecule has 0 saturated carbocycles. The first-order chi connectivity index (χ1) is 26.9. The number of phenols is 1. The Labute approximate surface area is 327 Å². The lowest BCUT2D eigenvalue weighted by Crippen LogP contribution is -2.71. The molecule has 0 radical (unpaired) electrons. The van der Waals surface area contributed by atoms with Crippen molar-refractivity contribution in [2.24, 2.45) is 0 Å². The standard InChI is InChI=1S/C33H30N10O10S3/c44-14-41-5-7-42(8-6-41)32-35-10-18-25(48)19(11-34-26(18)38-32)27(49)36-22(15-1-3-17(45)4-2-15)28(50)37-23-29(51)43-24(31(52)53)16(12-54-30(23)43)13-55-33-40-39-20(56-33)9-21(46)47/h1-4,10-11,14,22-23,30,45H,5-9,12-13H2,(H,36,49)(H,37,50)(H,46,47)(H,52,53)(H,34,35,38,48)/t22-,23?,30-/m1/s1. The van der Waals surface area contributed by atoms with Crippen LogP contribution in [0.1, 0.15) is 27.0 Å². The summed E-state index contributed by atoms with van der Waals surface area (Å²) in [5.41, 5.74) is -0.500. The van der Waals surface area contributed by atoms with Crippen molar-refractivity contribution in [1.82, 2.24) is 45.6 Å². The Morgan fingerprint density at radius 2 is 1.82 bits per heavy atom. The Morgan fingerprint density at radius 1 is 1.07 bits per heavy atom. The van der Waals surface area contributed by atoms with Gasteiger partial charge in [0.15, 0.2) is 4.34 Å². The van der Waals surface area contributed by atoms with Gasteiger partial charge in [-0.05, 0) is 23.3 Å². The van der Waals surface area contributed by atoms with Crippen LogP contribution in [-0.2, 0) is 30.4 Å². The number of aromatic amines is 1. The highest BCUT2D eigenvalue weighted by atomic mass is 32.2. The molecule has 0 spiro atoms. The van der Waals surface area contributed by atoms with E-state index in [0.717, 1.165) is 40.6 Å². The summed E-state index contributed by atoms with van der Waals surface area (Å²) in [5.74, 6) is -4.32. The first-order valence-corrected chi connectivity index (χ1v) is 19.6. The van der Waals surface area contributed by atoms with Crippen LogP contribution in [0.2, 0.25) is 0 Å². The minimum Gasteiger partial charge on any atom is -0.508 e. The maximum absolute atomic E-state index is 13.9. The normalized spacial score (nSPS) is 18.6. The lowest BCUT2D eigenvalue weighted by molar-refractivity contribution is -0.151. The van der Waals surface area contributed by atoms with Gasteiger partial charge in [0.1, 0.15) is 45.1 Å². The van der Waals surface area contributed by atoms with Crippen LogP contribution in [0.5, 0.6) is 5.75 Å². The molecule has 1 unspecified atom stereocenters. The summed E-state index contributed by atoms with van der Waals surface area (Å²) < 4.78 is 0.433. The Hall–Kier alpha value is -6.07. The van der Waals surface area contributed by atoms with Crippen LogP contribution in [-0.4, -0.2) is 135 Å². The van der Waals surface area contributed by atoms with Gasteiger partial charge in [0, 0.05) is 50.1 Å². The van der Waals surface area contributed by atoms with Gasteiger partial charge in [0.05, 0.1) is 11.8 Å². The first-order valence-electron chi connectivity index (χ1n) is 16.7. The number of hydrogen-bond donors (Lipinski definition) is 6. The number of nitrogens with zero attached hydrogens (tertiary/aromatic N) is 7. The second-order valence-corrected chi connectivity index (χ2v) is 16.0. The third-order valence-electron chi connectivity index (χ3n) is 9.04. The van der Waals surface area contributed by atoms with Crippen molar-refractivity contribution in [1.29, 1.82) is 0 Å². The molecule has 6 N–H and O–H groups in total. The third kappa shape index (κ3) is 7.72. The number of rotatable bonds is 13. The lowest BCUT2D eigenvalue weighted by atomic mass is 10.0. The molecule has 2 fully saturated rings. The zero-order chi connectivity index (χ0) is 39.7. The number of aromatic hydroxyl groups is 1. The molecule has 2 saturated heterocycles. The predicted molar refractivity (Wildman–Crippen MR) is 200 cm³/mol. The quantitative estimate of drug-likeness (QED) is 0.0578. The van der Waals surface area contributed by atoms with E-state index in [4.69, 9.17) is 5.11 Å². The number of anilines is 1. The van der Waals surface area contributed by atoms with Gasteiger partial charge in [-0.15, -0.1) is 22.0 Å². The number of aromatic nitrogens is 5. The van der Waals surface area contributed by atoms with E-state index in [9.17, 15) is 43.8 Å². The number of nitrogens with one attached hydrogen (secondary N) is 3. The van der Waals surface area contributed by atoms with Crippen LogP contribution in [0.25, 0.3) is 11.0 Å². The summed E-state index contributed by atoms with van der Waals surface area (Å²) in [4.78, 5) is 105. The van der Waals surface area contributed by atoms with Crippen molar-refractivity contribution < 1.29 is 44.1 Å². The molecule has 23 heteroatoms. The molecule has 6 heterocycles. The minimum atomic E-state index is -1.46. The summed E-state index contributed by atoms with van der Waals surface area (Å²) >= 11 is 3.46. The number of fused-ring (bicyclic) bond motifs is 2. The molecule has 0 bridgehead atoms. The number of β-lactam (4-membered cyclic amide) rings is 1. The predicted octanol–water partition coefficient (Wildman–Crippen LogP) is -0.217. The van der Waals surface area contributed by atoms with E-state index in [0.29, 0.717) is 47.0 Å². The van der Waals surface area contributed by atoms with Crippen LogP contribution < -0.4 is 21.0 Å². The number of piperazine rings is 1. The molecule has 3 aromatic heterocycles. The maximum atomic E-state index is 13.9. The van der Waals surface area contributed by atoms with Crippen LogP contribution in [0.3, 0.4) is 0 Å². The molecule has 7 rings (SSSR count). The SMILES string of the molecule is O=CN1CCN(c2ncc3c(=O)c(C(=O)N[C@@H](C(=O)NC4C(=O)N5C(C(=O)O)=C(CSc6nnc(CC(=O)O)s6)CS[C@H]45)c4ccc(O)cc4)c[nH]c3n2)CC1. The molecule has 3 aliphatic rings. The van der Waals surface area contributed by atoms with Crippen LogP contribution >= 0.6 is 34.9 Å². The monoisotopic (exact) mass is 822 g/mol. The van der Waals surface area contributed by atoms with Crippen LogP contribution in [0.15, 0.2) is 57.1 Å². The van der Waals surface area contributed by atoms with E-state index in [-0.39, 0.29) is 51.5 Å². The minimum absolute atomic E-state index is 0.0133. The molecule has 290 valence electrons. The topological polar surface area (TPSA) is 281 Å². The number of carbonyl (C=O) groups excluding carboxylic acids is 4. The van der Waals surface area contributed by atoms with Gasteiger partial charge in [0.2, 0.25) is 23.7 Å². The Kier molecular flexibility index (Phi) is 10.9. The van der Waals surface area contributed by atoms with Gasteiger partial charge in [-0.25, -0.2) is 9.78 Å². The maximum Gasteiger partial charge on any atom is 0.352 e. The lowest BCUT2D eigenvalue weighted by Gasteiger charge is -2.49. The number of amides is 4. The summed E-state index contributed by atoms with van der Waals surface area (Å²) in [6.45, 7) is 1.94. The average molecular weight is 823 g/mol. The van der Waals surface area contributed by atoms with Crippen molar-refractivity contribution >= 4 is 87.9 Å². The zero-order valence-corrected chi connectivity index (χ0v) is 31.2. The number of carboxylic acids is 2. The largest absolute Gasteiger partial charge is 0.508 e. The van der Waals surface area contributed by atoms with E-state index in [1.165, 1.54) is 42.2 Å². The zero-order valence-electron chi connectivity index (χ0n) is 28.8. The second kappa shape index (κ2) is 16.0. The Bertz CT molecular complexity index is 2350. The Morgan fingerprint density at radius 3 is 2.52 bits per heavy atom. The molecular formula is C33H30N10O10S3. The third-order valence-corrected chi connectivity index (χ3v) is 12.5. The molecule has 3 aliphatic heterocycles. The van der Waals surface area contributed by atoms with Crippen LogP contribution in [0, 0.1) is 0 Å². The number of carboxylic acid groups (broad SMARTS) is 2. The van der Waals surface area contributed by atoms with Crippen molar-refractivity contribution in [3.8, 4) is 5.75 Å². The summed E-state index contributed by atoms with van der Waals surface area (Å²) in [6, 6.07) is 2.74. The molecule has 4 aromatic rings. The van der Waals surface area contributed by atoms with Gasteiger partial charge in [-0.3, -0.25) is 33.7 Å². The number of benzene rings is 1. The number of aliphatic carboxylic acids is 2. The van der Waals surface area contributed by atoms with E-state index >= 15 is 0 Å². The van der Waals surface area contributed by atoms with E-state index in [2.05, 4.69) is 35.8 Å². The Balaban J connectivity index is 1.06. The fourth-order valence-electron chi connectivity index (χ4n) is 6.20.